The minimum Gasteiger partial charge on any atom is -0.497 e. The van der Waals surface area contributed by atoms with Gasteiger partial charge in [0.2, 0.25) is 0 Å². The number of aliphatic hydroxyl groups excluding tert-OH is 1. The lowest BCUT2D eigenvalue weighted by Gasteiger charge is -2.49. The molecule has 1 atom stereocenters. The molecule has 1 saturated heterocycles. The maximum Gasteiger partial charge on any atom is 0.262 e. The van der Waals surface area contributed by atoms with Crippen molar-refractivity contribution in [1.29, 1.82) is 0 Å². The first-order valence-corrected chi connectivity index (χ1v) is 14.8. The number of fused-ring (bicyclic) bond motifs is 4. The van der Waals surface area contributed by atoms with Crippen LogP contribution in [0.4, 0.5) is 0 Å². The van der Waals surface area contributed by atoms with Crippen molar-refractivity contribution >= 4 is 20.9 Å². The number of imidazole rings is 1. The molecule has 0 amide bonds. The Balaban J connectivity index is 1.43. The van der Waals surface area contributed by atoms with Crippen molar-refractivity contribution in [3.8, 4) is 5.75 Å². The van der Waals surface area contributed by atoms with Crippen LogP contribution in [-0.4, -0.2) is 77.2 Å². The number of likely N-dealkylation sites (tertiary alicyclic amines) is 1. The molecule has 6 rings (SSSR count). The van der Waals surface area contributed by atoms with Crippen LogP contribution >= 0.6 is 0 Å². The van der Waals surface area contributed by atoms with Gasteiger partial charge in [-0.05, 0) is 62.4 Å². The molecule has 9 nitrogen and oxygen atoms in total. The van der Waals surface area contributed by atoms with Crippen molar-refractivity contribution in [3.05, 3.63) is 42.0 Å². The van der Waals surface area contributed by atoms with E-state index < -0.39 is 16.1 Å². The molecular formula is C27H37N5O4S. The predicted octanol–water partition coefficient (Wildman–Crippen LogP) is 3.17. The SMILES string of the molecule is COc1ccc2c3c([nH]c2c1)[C@H](CO)N(S(=O)(=O)c1cn(C)cn1)CC31CCN(CC2CCCC2)CC1. The van der Waals surface area contributed by atoms with Gasteiger partial charge in [0.25, 0.3) is 10.0 Å². The van der Waals surface area contributed by atoms with Crippen molar-refractivity contribution in [2.24, 2.45) is 13.0 Å². The van der Waals surface area contributed by atoms with Crippen LogP contribution in [0.1, 0.15) is 55.8 Å². The second-order valence-electron chi connectivity index (χ2n) is 11.2. The molecule has 2 N–H and O–H groups in total. The maximum absolute atomic E-state index is 13.9. The van der Waals surface area contributed by atoms with E-state index in [2.05, 4.69) is 20.9 Å². The number of benzene rings is 1. The van der Waals surface area contributed by atoms with Crippen LogP contribution in [0, 0.1) is 5.92 Å². The van der Waals surface area contributed by atoms with Gasteiger partial charge >= 0.3 is 0 Å². The number of hydrogen-bond acceptors (Lipinski definition) is 6. The average Bonchev–Trinajstić information content (AvgIpc) is 3.65. The Hall–Kier alpha value is -2.40. The molecule has 0 radical (unpaired) electrons. The van der Waals surface area contributed by atoms with E-state index in [4.69, 9.17) is 4.74 Å². The van der Waals surface area contributed by atoms with Gasteiger partial charge < -0.3 is 24.3 Å². The summed E-state index contributed by atoms with van der Waals surface area (Å²) in [6, 6.07) is 5.29. The molecule has 3 aliphatic rings. The second kappa shape index (κ2) is 9.41. The summed E-state index contributed by atoms with van der Waals surface area (Å²) in [4.78, 5) is 10.3. The van der Waals surface area contributed by atoms with Gasteiger partial charge in [0, 0.05) is 54.4 Å². The van der Waals surface area contributed by atoms with Crippen LogP contribution in [0.15, 0.2) is 35.7 Å². The molecule has 2 aromatic heterocycles. The third-order valence-electron chi connectivity index (χ3n) is 8.94. The van der Waals surface area contributed by atoms with Crippen molar-refractivity contribution < 1.29 is 18.3 Å². The van der Waals surface area contributed by atoms with E-state index in [0.29, 0.717) is 6.54 Å². The van der Waals surface area contributed by atoms with Gasteiger partial charge in [-0.3, -0.25) is 0 Å². The highest BCUT2D eigenvalue weighted by Crippen LogP contribution is 2.50. The molecule has 1 aliphatic carbocycles. The summed E-state index contributed by atoms with van der Waals surface area (Å²) in [5.74, 6) is 1.53. The minimum atomic E-state index is -3.92. The molecule has 1 aromatic carbocycles. The van der Waals surface area contributed by atoms with Crippen LogP contribution < -0.4 is 4.74 Å². The normalized spacial score (nSPS) is 23.2. The summed E-state index contributed by atoms with van der Waals surface area (Å²) in [5.41, 5.74) is 2.52. The van der Waals surface area contributed by atoms with Gasteiger partial charge in [-0.25, -0.2) is 13.4 Å². The number of H-pyrrole nitrogens is 1. The minimum absolute atomic E-state index is 0.0171. The summed E-state index contributed by atoms with van der Waals surface area (Å²) in [7, 11) is -0.517. The summed E-state index contributed by atoms with van der Waals surface area (Å²) >= 11 is 0. The lowest BCUT2D eigenvalue weighted by molar-refractivity contribution is 0.0892. The number of aryl methyl sites for hydroxylation is 1. The van der Waals surface area contributed by atoms with Gasteiger partial charge in [0.1, 0.15) is 5.75 Å². The Morgan fingerprint density at radius 2 is 1.97 bits per heavy atom. The molecule has 1 saturated carbocycles. The van der Waals surface area contributed by atoms with Crippen molar-refractivity contribution in [2.45, 2.75) is 55.0 Å². The monoisotopic (exact) mass is 527 g/mol. The van der Waals surface area contributed by atoms with Gasteiger partial charge in [-0.15, -0.1) is 0 Å². The molecular weight excluding hydrogens is 490 g/mol. The van der Waals surface area contributed by atoms with E-state index in [0.717, 1.165) is 66.3 Å². The lowest BCUT2D eigenvalue weighted by atomic mass is 9.69. The van der Waals surface area contributed by atoms with Crippen molar-refractivity contribution in [2.75, 3.05) is 39.9 Å². The highest BCUT2D eigenvalue weighted by atomic mass is 32.2. The zero-order chi connectivity index (χ0) is 25.8. The number of sulfonamides is 1. The molecule has 0 unspecified atom stereocenters. The molecule has 2 aliphatic heterocycles. The molecule has 10 heteroatoms. The van der Waals surface area contributed by atoms with Crippen LogP contribution in [0.25, 0.3) is 10.9 Å². The summed E-state index contributed by atoms with van der Waals surface area (Å²) < 4.78 is 36.4. The molecule has 1 spiro atoms. The Morgan fingerprint density at radius 1 is 1.22 bits per heavy atom. The molecule has 37 heavy (non-hydrogen) atoms. The second-order valence-corrected chi connectivity index (χ2v) is 13.0. The standard InChI is InChI=1S/C27H37N5O4S/c1-30-15-24(28-18-30)37(34,35)32-17-27(9-11-31(12-10-27)14-19-5-3-4-6-19)25-21-8-7-20(36-2)13-22(21)29-26(25)23(32)16-33/h7-8,13,15,18-19,23,29,33H,3-6,9-12,14,16-17H2,1-2H3/t23-/m0/s1. The van der Waals surface area contributed by atoms with Crippen molar-refractivity contribution in [3.63, 3.8) is 0 Å². The Morgan fingerprint density at radius 3 is 2.62 bits per heavy atom. The third-order valence-corrected chi connectivity index (χ3v) is 10.7. The fourth-order valence-corrected chi connectivity index (χ4v) is 8.63. The number of piperidine rings is 1. The molecule has 4 heterocycles. The zero-order valence-electron chi connectivity index (χ0n) is 21.7. The first-order chi connectivity index (χ1) is 17.8. The number of aromatic nitrogens is 3. The first-order valence-electron chi connectivity index (χ1n) is 13.4. The van der Waals surface area contributed by atoms with Gasteiger partial charge in [-0.1, -0.05) is 12.8 Å². The van der Waals surface area contributed by atoms with E-state index in [-0.39, 0.29) is 17.0 Å². The van der Waals surface area contributed by atoms with Crippen LogP contribution in [0.2, 0.25) is 0 Å². The molecule has 3 aromatic rings. The first kappa shape index (κ1) is 24.9. The van der Waals surface area contributed by atoms with Crippen LogP contribution in [0.5, 0.6) is 5.75 Å². The van der Waals surface area contributed by atoms with Crippen molar-refractivity contribution in [1.82, 2.24) is 23.7 Å². The predicted molar refractivity (Wildman–Crippen MR) is 141 cm³/mol. The van der Waals surface area contributed by atoms with E-state index in [1.165, 1.54) is 42.5 Å². The summed E-state index contributed by atoms with van der Waals surface area (Å²) in [6.45, 7) is 3.05. The Labute approximate surface area is 218 Å². The van der Waals surface area contributed by atoms with E-state index in [1.807, 2.05) is 12.1 Å². The number of nitrogens with one attached hydrogen (secondary N) is 1. The highest BCUT2D eigenvalue weighted by molar-refractivity contribution is 7.89. The number of aromatic amines is 1. The van der Waals surface area contributed by atoms with Gasteiger partial charge in [0.15, 0.2) is 5.03 Å². The molecule has 2 fully saturated rings. The number of aliphatic hydroxyl groups is 1. The summed E-state index contributed by atoms with van der Waals surface area (Å²) in [5, 5.41) is 11.7. The Kier molecular flexibility index (Phi) is 6.34. The zero-order valence-corrected chi connectivity index (χ0v) is 22.5. The fourth-order valence-electron chi connectivity index (χ4n) is 6.98. The smallest absolute Gasteiger partial charge is 0.262 e. The summed E-state index contributed by atoms with van der Waals surface area (Å²) in [6.07, 6.45) is 10.1. The number of methoxy groups -OCH3 is 1. The number of nitrogens with zero attached hydrogens (tertiary/aromatic N) is 4. The topological polar surface area (TPSA) is 104 Å². The highest BCUT2D eigenvalue weighted by Gasteiger charge is 2.51. The van der Waals surface area contributed by atoms with Gasteiger partial charge in [-0.2, -0.15) is 4.31 Å². The largest absolute Gasteiger partial charge is 0.497 e. The fraction of sp³-hybridized carbons (Fsp3) is 0.593. The average molecular weight is 528 g/mol. The molecule has 0 bridgehead atoms. The van der Waals surface area contributed by atoms with E-state index in [9.17, 15) is 13.5 Å². The van der Waals surface area contributed by atoms with Crippen LogP contribution in [0.3, 0.4) is 0 Å². The number of rotatable bonds is 6. The molecule has 200 valence electrons. The maximum atomic E-state index is 13.9. The van der Waals surface area contributed by atoms with E-state index >= 15 is 0 Å². The van der Waals surface area contributed by atoms with Crippen LogP contribution in [-0.2, 0) is 22.5 Å². The van der Waals surface area contributed by atoms with E-state index in [1.54, 1.807) is 18.7 Å². The lowest BCUT2D eigenvalue weighted by Crippen LogP contribution is -2.55. The third kappa shape index (κ3) is 4.18. The number of hydrogen-bond donors (Lipinski definition) is 2. The number of ether oxygens (including phenoxy) is 1. The Bertz CT molecular complexity index is 1380. The van der Waals surface area contributed by atoms with Gasteiger partial charge in [0.05, 0.1) is 26.1 Å². The quantitative estimate of drug-likeness (QED) is 0.510.